The van der Waals surface area contributed by atoms with Gasteiger partial charge in [0.2, 0.25) is 0 Å². The van der Waals surface area contributed by atoms with E-state index in [9.17, 15) is 0 Å². The maximum atomic E-state index is 5.86. The van der Waals surface area contributed by atoms with E-state index in [4.69, 9.17) is 5.73 Å². The maximum Gasteiger partial charge on any atom is 0.191 e. The molecule has 4 nitrogen and oxygen atoms in total. The van der Waals surface area contributed by atoms with E-state index in [1.165, 1.54) is 11.1 Å². The number of thioether (sulfide) groups is 1. The molecule has 1 aromatic heterocycles. The molecule has 1 heterocycles. The van der Waals surface area contributed by atoms with Crippen molar-refractivity contribution in [1.82, 2.24) is 14.8 Å². The van der Waals surface area contributed by atoms with Crippen LogP contribution in [0.5, 0.6) is 0 Å². The molecule has 1 unspecified atom stereocenters. The average Bonchev–Trinajstić information content (AvgIpc) is 2.73. The van der Waals surface area contributed by atoms with Gasteiger partial charge in [-0.1, -0.05) is 36.0 Å². The van der Waals surface area contributed by atoms with Gasteiger partial charge in [-0.15, -0.1) is 10.2 Å². The molecular weight excluding hydrogens is 232 g/mol. The molecule has 17 heavy (non-hydrogen) atoms. The number of benzene rings is 1. The minimum absolute atomic E-state index is 0.221. The zero-order valence-electron chi connectivity index (χ0n) is 10.00. The second kappa shape index (κ2) is 5.33. The van der Waals surface area contributed by atoms with E-state index >= 15 is 0 Å². The van der Waals surface area contributed by atoms with Gasteiger partial charge in [-0.05, 0) is 18.1 Å². The zero-order chi connectivity index (χ0) is 12.3. The van der Waals surface area contributed by atoms with E-state index < -0.39 is 0 Å². The lowest BCUT2D eigenvalue weighted by Crippen LogP contribution is -2.11. The molecule has 90 valence electrons. The molecule has 2 N–H and O–H groups in total. The third-order valence-corrected chi connectivity index (χ3v) is 3.98. The molecule has 0 aliphatic rings. The highest BCUT2D eigenvalue weighted by atomic mass is 32.2. The first-order valence-corrected chi connectivity index (χ1v) is 6.36. The van der Waals surface area contributed by atoms with Gasteiger partial charge < -0.3 is 10.3 Å². The summed E-state index contributed by atoms with van der Waals surface area (Å²) >= 11 is 1.65. The normalized spacial score (nSPS) is 12.6. The number of aromatic nitrogens is 3. The monoisotopic (exact) mass is 248 g/mol. The Balaban J connectivity index is 2.23. The fourth-order valence-electron chi connectivity index (χ4n) is 1.69. The lowest BCUT2D eigenvalue weighted by molar-refractivity contribution is 0.781. The summed E-state index contributed by atoms with van der Waals surface area (Å²) < 4.78 is 1.91. The van der Waals surface area contributed by atoms with Crippen molar-refractivity contribution >= 4 is 11.8 Å². The minimum atomic E-state index is 0.221. The summed E-state index contributed by atoms with van der Waals surface area (Å²) in [6.45, 7) is 2.69. The van der Waals surface area contributed by atoms with Crippen LogP contribution in [0.25, 0.3) is 0 Å². The SMILES string of the molecule is Cc1ccccc1C(CN)Sc1nncn1C. The van der Waals surface area contributed by atoms with Crippen molar-refractivity contribution in [3.8, 4) is 0 Å². The average molecular weight is 248 g/mol. The van der Waals surface area contributed by atoms with E-state index in [1.54, 1.807) is 18.1 Å². The van der Waals surface area contributed by atoms with E-state index in [0.29, 0.717) is 6.54 Å². The Kier molecular flexibility index (Phi) is 3.81. The Labute approximate surface area is 105 Å². The lowest BCUT2D eigenvalue weighted by atomic mass is 10.1. The van der Waals surface area contributed by atoms with Gasteiger partial charge in [-0.3, -0.25) is 0 Å². The van der Waals surface area contributed by atoms with Gasteiger partial charge in [-0.25, -0.2) is 0 Å². The number of hydrogen-bond donors (Lipinski definition) is 1. The van der Waals surface area contributed by atoms with Crippen LogP contribution in [0, 0.1) is 6.92 Å². The Morgan fingerprint density at radius 3 is 2.76 bits per heavy atom. The number of hydrogen-bond acceptors (Lipinski definition) is 4. The summed E-state index contributed by atoms with van der Waals surface area (Å²) in [6, 6.07) is 8.31. The highest BCUT2D eigenvalue weighted by molar-refractivity contribution is 7.99. The summed E-state index contributed by atoms with van der Waals surface area (Å²) in [7, 11) is 1.94. The molecule has 0 saturated carbocycles. The Hall–Kier alpha value is -1.33. The first-order chi connectivity index (χ1) is 8.22. The van der Waals surface area contributed by atoms with Crippen LogP contribution in [-0.4, -0.2) is 21.3 Å². The molecule has 0 radical (unpaired) electrons. The van der Waals surface area contributed by atoms with E-state index in [-0.39, 0.29) is 5.25 Å². The first kappa shape index (κ1) is 12.1. The fourth-order valence-corrected chi connectivity index (χ4v) is 2.74. The lowest BCUT2D eigenvalue weighted by Gasteiger charge is -2.16. The quantitative estimate of drug-likeness (QED) is 0.840. The van der Waals surface area contributed by atoms with Crippen molar-refractivity contribution in [3.63, 3.8) is 0 Å². The fraction of sp³-hybridized carbons (Fsp3) is 0.333. The summed E-state index contributed by atoms with van der Waals surface area (Å²) in [6.07, 6.45) is 1.70. The molecular formula is C12H16N4S. The van der Waals surface area contributed by atoms with Gasteiger partial charge >= 0.3 is 0 Å². The smallest absolute Gasteiger partial charge is 0.191 e. The standard InChI is InChI=1S/C12H16N4S/c1-9-5-3-4-6-10(9)11(7-13)17-12-15-14-8-16(12)2/h3-6,8,11H,7,13H2,1-2H3. The molecule has 0 amide bonds. The largest absolute Gasteiger partial charge is 0.329 e. The highest BCUT2D eigenvalue weighted by Crippen LogP contribution is 2.34. The molecule has 5 heteroatoms. The Morgan fingerprint density at radius 1 is 1.41 bits per heavy atom. The van der Waals surface area contributed by atoms with Crippen LogP contribution in [-0.2, 0) is 7.05 Å². The van der Waals surface area contributed by atoms with E-state index in [2.05, 4.69) is 29.3 Å². The second-order valence-electron chi connectivity index (χ2n) is 3.92. The minimum Gasteiger partial charge on any atom is -0.329 e. The van der Waals surface area contributed by atoms with Crippen molar-refractivity contribution in [2.24, 2.45) is 12.8 Å². The molecule has 0 fully saturated rings. The van der Waals surface area contributed by atoms with Crippen molar-refractivity contribution in [1.29, 1.82) is 0 Å². The summed E-state index contributed by atoms with van der Waals surface area (Å²) in [5, 5.41) is 9.07. The van der Waals surface area contributed by atoms with Crippen LogP contribution in [0.2, 0.25) is 0 Å². The predicted octanol–water partition coefficient (Wildman–Crippen LogP) is 1.92. The van der Waals surface area contributed by atoms with Crippen LogP contribution in [0.4, 0.5) is 0 Å². The topological polar surface area (TPSA) is 56.7 Å². The third kappa shape index (κ3) is 2.68. The van der Waals surface area contributed by atoms with Gasteiger partial charge in [0.25, 0.3) is 0 Å². The number of nitrogens with two attached hydrogens (primary N) is 1. The number of nitrogens with zero attached hydrogens (tertiary/aromatic N) is 3. The summed E-state index contributed by atoms with van der Waals surface area (Å²) in [5.41, 5.74) is 8.39. The number of aryl methyl sites for hydroxylation is 2. The highest BCUT2D eigenvalue weighted by Gasteiger charge is 2.15. The van der Waals surface area contributed by atoms with Gasteiger partial charge in [0.1, 0.15) is 6.33 Å². The van der Waals surface area contributed by atoms with Gasteiger partial charge in [0.05, 0.1) is 0 Å². The van der Waals surface area contributed by atoms with Crippen molar-refractivity contribution in [2.75, 3.05) is 6.54 Å². The van der Waals surface area contributed by atoms with E-state index in [1.807, 2.05) is 23.7 Å². The molecule has 2 aromatic rings. The Bertz CT molecular complexity index is 495. The molecule has 1 atom stereocenters. The molecule has 0 aliphatic heterocycles. The first-order valence-electron chi connectivity index (χ1n) is 5.48. The summed E-state index contributed by atoms with van der Waals surface area (Å²) in [5.74, 6) is 0. The van der Waals surface area contributed by atoms with Crippen molar-refractivity contribution in [2.45, 2.75) is 17.3 Å². The molecule has 2 rings (SSSR count). The third-order valence-electron chi connectivity index (χ3n) is 2.67. The van der Waals surface area contributed by atoms with Crippen LogP contribution >= 0.6 is 11.8 Å². The second-order valence-corrected chi connectivity index (χ2v) is 5.09. The Morgan fingerprint density at radius 2 is 2.18 bits per heavy atom. The van der Waals surface area contributed by atoms with Gasteiger partial charge in [-0.2, -0.15) is 0 Å². The summed E-state index contributed by atoms with van der Waals surface area (Å²) in [4.78, 5) is 0. The van der Waals surface area contributed by atoms with Crippen LogP contribution in [0.1, 0.15) is 16.4 Å². The molecule has 0 bridgehead atoms. The molecule has 1 aromatic carbocycles. The van der Waals surface area contributed by atoms with Crippen molar-refractivity contribution in [3.05, 3.63) is 41.7 Å². The molecule has 0 spiro atoms. The molecule has 0 saturated heterocycles. The van der Waals surface area contributed by atoms with Crippen LogP contribution < -0.4 is 5.73 Å². The van der Waals surface area contributed by atoms with E-state index in [0.717, 1.165) is 5.16 Å². The van der Waals surface area contributed by atoms with Gasteiger partial charge in [0, 0.05) is 18.8 Å². The van der Waals surface area contributed by atoms with Crippen LogP contribution in [0.15, 0.2) is 35.7 Å². The predicted molar refractivity (Wildman–Crippen MR) is 69.8 cm³/mol. The number of rotatable bonds is 4. The zero-order valence-corrected chi connectivity index (χ0v) is 10.8. The van der Waals surface area contributed by atoms with Crippen molar-refractivity contribution < 1.29 is 0 Å². The molecule has 0 aliphatic carbocycles. The van der Waals surface area contributed by atoms with Crippen LogP contribution in [0.3, 0.4) is 0 Å². The maximum absolute atomic E-state index is 5.86. The van der Waals surface area contributed by atoms with Gasteiger partial charge in [0.15, 0.2) is 5.16 Å².